The van der Waals surface area contributed by atoms with E-state index in [4.69, 9.17) is 5.73 Å². The second-order valence-corrected chi connectivity index (χ2v) is 6.43. The largest absolute Gasteiger partial charge is 0.417 e. The predicted molar refractivity (Wildman–Crippen MR) is 98.0 cm³/mol. The van der Waals surface area contributed by atoms with Crippen molar-refractivity contribution in [2.75, 3.05) is 18.8 Å². The zero-order valence-electron chi connectivity index (χ0n) is 14.9. The summed E-state index contributed by atoms with van der Waals surface area (Å²) in [6.07, 6.45) is 0.928. The Balaban J connectivity index is 0.000000299. The van der Waals surface area contributed by atoms with Crippen molar-refractivity contribution in [2.45, 2.75) is 32.4 Å². The van der Waals surface area contributed by atoms with Gasteiger partial charge in [-0.15, -0.1) is 10.2 Å². The molecule has 0 saturated carbocycles. The lowest BCUT2D eigenvalue weighted by Crippen LogP contribution is -2.21. The molecule has 144 valence electrons. The fraction of sp³-hybridized carbons (Fsp3) is 0.389. The van der Waals surface area contributed by atoms with E-state index in [1.54, 1.807) is 13.0 Å². The Labute approximate surface area is 154 Å². The summed E-state index contributed by atoms with van der Waals surface area (Å²) in [5.74, 6) is 0.254. The average molecular weight is 378 g/mol. The number of anilines is 1. The van der Waals surface area contributed by atoms with E-state index in [1.807, 2.05) is 0 Å². The minimum Gasteiger partial charge on any atom is -0.382 e. The lowest BCUT2D eigenvalue weighted by molar-refractivity contribution is -0.136. The summed E-state index contributed by atoms with van der Waals surface area (Å²) in [7, 11) is 0. The molecule has 1 aliphatic rings. The van der Waals surface area contributed by atoms with Crippen LogP contribution in [0, 0.1) is 6.92 Å². The predicted octanol–water partition coefficient (Wildman–Crippen LogP) is 3.69. The quantitative estimate of drug-likeness (QED) is 0.601. The summed E-state index contributed by atoms with van der Waals surface area (Å²) < 4.78 is 38.9. The summed E-state index contributed by atoms with van der Waals surface area (Å²) in [4.78, 5) is 0. The number of H-pyrrole nitrogens is 1. The number of nitrogens with one attached hydrogen (secondary N) is 2. The molecule has 1 aromatic carbocycles. The number of fused-ring (bicyclic) bond motifs is 1. The molecule has 0 spiro atoms. The topological polar surface area (TPSA) is 92.5 Å². The van der Waals surface area contributed by atoms with Crippen molar-refractivity contribution in [2.24, 2.45) is 0 Å². The summed E-state index contributed by atoms with van der Waals surface area (Å²) >= 11 is 0. The second-order valence-electron chi connectivity index (χ2n) is 6.43. The Morgan fingerprint density at radius 2 is 1.81 bits per heavy atom. The number of nitrogens with two attached hydrogens (primary N) is 1. The minimum absolute atomic E-state index is 0.00183. The van der Waals surface area contributed by atoms with Gasteiger partial charge in [-0.25, -0.2) is 0 Å². The first kappa shape index (κ1) is 19.1. The number of rotatable bonds is 1. The van der Waals surface area contributed by atoms with Crippen LogP contribution in [-0.2, 0) is 6.18 Å². The standard InChI is InChI=1S/C13H10F3N5.C5H11N/c1-6-4-10(17)19-21-11(6)7-2-3-9(13(14,15)16)8-5-18-20-12(7)8;1-2-4-6-5-3-1/h2-5H,1H3,(H2,17,19)(H,18,20);6H,1-5H2. The van der Waals surface area contributed by atoms with E-state index >= 15 is 0 Å². The smallest absolute Gasteiger partial charge is 0.382 e. The summed E-state index contributed by atoms with van der Waals surface area (Å²) in [6, 6.07) is 3.99. The third-order valence-corrected chi connectivity index (χ3v) is 4.39. The van der Waals surface area contributed by atoms with E-state index in [2.05, 4.69) is 25.7 Å². The van der Waals surface area contributed by atoms with Crippen molar-refractivity contribution >= 4 is 16.7 Å². The van der Waals surface area contributed by atoms with E-state index < -0.39 is 11.7 Å². The summed E-state index contributed by atoms with van der Waals surface area (Å²) in [5.41, 5.74) is 6.75. The number of alkyl halides is 3. The van der Waals surface area contributed by atoms with E-state index in [0.717, 1.165) is 17.8 Å². The van der Waals surface area contributed by atoms with Gasteiger partial charge in [0.1, 0.15) is 5.82 Å². The molecule has 2 aromatic heterocycles. The van der Waals surface area contributed by atoms with Gasteiger partial charge in [0.15, 0.2) is 0 Å². The first-order valence-corrected chi connectivity index (χ1v) is 8.72. The number of piperidine rings is 1. The van der Waals surface area contributed by atoms with Crippen LogP contribution in [0.15, 0.2) is 24.4 Å². The molecule has 1 fully saturated rings. The highest BCUT2D eigenvalue weighted by atomic mass is 19.4. The van der Waals surface area contributed by atoms with Crippen molar-refractivity contribution in [3.05, 3.63) is 35.5 Å². The fourth-order valence-corrected chi connectivity index (χ4v) is 3.05. The Hall–Kier alpha value is -2.68. The van der Waals surface area contributed by atoms with Crippen molar-refractivity contribution in [1.82, 2.24) is 25.7 Å². The van der Waals surface area contributed by atoms with Gasteiger partial charge < -0.3 is 11.1 Å². The number of aromatic amines is 1. The summed E-state index contributed by atoms with van der Waals surface area (Å²) in [5, 5.41) is 17.3. The molecule has 1 saturated heterocycles. The molecule has 6 nitrogen and oxygen atoms in total. The van der Waals surface area contributed by atoms with Crippen LogP contribution >= 0.6 is 0 Å². The molecule has 0 aliphatic carbocycles. The van der Waals surface area contributed by atoms with Gasteiger partial charge in [0.2, 0.25) is 0 Å². The van der Waals surface area contributed by atoms with E-state index in [-0.39, 0.29) is 16.7 Å². The molecule has 0 bridgehead atoms. The first-order valence-electron chi connectivity index (χ1n) is 8.72. The van der Waals surface area contributed by atoms with Crippen LogP contribution in [-0.4, -0.2) is 33.5 Å². The van der Waals surface area contributed by atoms with Crippen molar-refractivity contribution < 1.29 is 13.2 Å². The molecule has 1 aliphatic heterocycles. The van der Waals surface area contributed by atoms with Gasteiger partial charge in [-0.3, -0.25) is 5.10 Å². The van der Waals surface area contributed by atoms with Gasteiger partial charge in [-0.1, -0.05) is 6.42 Å². The van der Waals surface area contributed by atoms with E-state index in [9.17, 15) is 13.2 Å². The molecule has 0 radical (unpaired) electrons. The van der Waals surface area contributed by atoms with Gasteiger partial charge in [0, 0.05) is 10.9 Å². The molecular weight excluding hydrogens is 357 g/mol. The maximum atomic E-state index is 13.0. The lowest BCUT2D eigenvalue weighted by Gasteiger charge is -2.11. The maximum Gasteiger partial charge on any atom is 0.417 e. The van der Waals surface area contributed by atoms with Gasteiger partial charge in [-0.05, 0) is 56.6 Å². The Kier molecular flexibility index (Phi) is 5.59. The Bertz CT molecular complexity index is 904. The zero-order chi connectivity index (χ0) is 19.4. The van der Waals surface area contributed by atoms with Gasteiger partial charge >= 0.3 is 6.18 Å². The number of halogens is 3. The van der Waals surface area contributed by atoms with Crippen LogP contribution in [0.1, 0.15) is 30.4 Å². The minimum atomic E-state index is -4.44. The third-order valence-electron chi connectivity index (χ3n) is 4.39. The average Bonchev–Trinajstić information content (AvgIpc) is 3.12. The van der Waals surface area contributed by atoms with Crippen molar-refractivity contribution in [3.8, 4) is 11.3 Å². The number of nitrogens with zero attached hydrogens (tertiary/aromatic N) is 3. The van der Waals surface area contributed by atoms with E-state index in [1.165, 1.54) is 38.4 Å². The third kappa shape index (κ3) is 4.36. The van der Waals surface area contributed by atoms with Gasteiger partial charge in [-0.2, -0.15) is 18.3 Å². The molecule has 3 aromatic rings. The Morgan fingerprint density at radius 3 is 2.37 bits per heavy atom. The van der Waals surface area contributed by atoms with Crippen molar-refractivity contribution in [3.63, 3.8) is 0 Å². The molecular formula is C18H21F3N6. The number of benzene rings is 1. The SMILES string of the molecule is C1CCNCC1.Cc1cc(N)nnc1-c1ccc(C(F)(F)F)c2cn[nH]c12. The highest BCUT2D eigenvalue weighted by molar-refractivity contribution is 5.95. The molecule has 9 heteroatoms. The molecule has 3 heterocycles. The summed E-state index contributed by atoms with van der Waals surface area (Å²) in [6.45, 7) is 4.26. The van der Waals surface area contributed by atoms with Gasteiger partial charge in [0.25, 0.3) is 0 Å². The van der Waals surface area contributed by atoms with Crippen LogP contribution in [0.5, 0.6) is 0 Å². The number of aryl methyl sites for hydroxylation is 1. The normalized spacial score (nSPS) is 14.7. The fourth-order valence-electron chi connectivity index (χ4n) is 3.05. The maximum absolute atomic E-state index is 13.0. The van der Waals surface area contributed by atoms with Crippen LogP contribution < -0.4 is 11.1 Å². The molecule has 0 amide bonds. The van der Waals surface area contributed by atoms with Crippen LogP contribution in [0.2, 0.25) is 0 Å². The molecule has 0 unspecified atom stereocenters. The number of hydrogen-bond donors (Lipinski definition) is 3. The number of nitrogen functional groups attached to an aromatic ring is 1. The zero-order valence-corrected chi connectivity index (χ0v) is 14.9. The number of aromatic nitrogens is 4. The monoisotopic (exact) mass is 378 g/mol. The molecule has 4 N–H and O–H groups in total. The van der Waals surface area contributed by atoms with E-state index in [0.29, 0.717) is 11.3 Å². The highest BCUT2D eigenvalue weighted by Gasteiger charge is 2.33. The number of hydrogen-bond acceptors (Lipinski definition) is 5. The van der Waals surface area contributed by atoms with Crippen LogP contribution in [0.25, 0.3) is 22.2 Å². The first-order chi connectivity index (χ1) is 12.9. The lowest BCUT2D eigenvalue weighted by atomic mass is 10.0. The van der Waals surface area contributed by atoms with Crippen LogP contribution in [0.4, 0.5) is 19.0 Å². The second kappa shape index (κ2) is 7.91. The van der Waals surface area contributed by atoms with Gasteiger partial charge in [0.05, 0.1) is 23.0 Å². The van der Waals surface area contributed by atoms with Crippen LogP contribution in [0.3, 0.4) is 0 Å². The van der Waals surface area contributed by atoms with Crippen molar-refractivity contribution in [1.29, 1.82) is 0 Å². The highest BCUT2D eigenvalue weighted by Crippen LogP contribution is 2.38. The molecule has 4 rings (SSSR count). The Morgan fingerprint density at radius 1 is 1.07 bits per heavy atom. The molecule has 27 heavy (non-hydrogen) atoms. The molecule has 0 atom stereocenters.